The molecule has 8 heteroatoms. The van der Waals surface area contributed by atoms with Gasteiger partial charge in [0.2, 0.25) is 0 Å². The van der Waals surface area contributed by atoms with Gasteiger partial charge in [-0.25, -0.2) is 0 Å². The summed E-state index contributed by atoms with van der Waals surface area (Å²) in [5.74, 6) is -0.249. The smallest absolute Gasteiger partial charge is 0.276 e. The van der Waals surface area contributed by atoms with E-state index in [4.69, 9.17) is 0 Å². The third kappa shape index (κ3) is 4.40. The summed E-state index contributed by atoms with van der Waals surface area (Å²) in [4.78, 5) is 14.8. The predicted octanol–water partition coefficient (Wildman–Crippen LogP) is 2.25. The number of fused-ring (bicyclic) bond motifs is 1. The van der Waals surface area contributed by atoms with Gasteiger partial charge < -0.3 is 15.3 Å². The number of aromatic amines is 1. The monoisotopic (exact) mass is 382 g/mol. The van der Waals surface area contributed by atoms with E-state index in [1.807, 2.05) is 35.1 Å². The lowest BCUT2D eigenvalue weighted by Crippen LogP contribution is -2.38. The fourth-order valence-corrected chi connectivity index (χ4v) is 3.72. The van der Waals surface area contributed by atoms with Crippen molar-refractivity contribution in [1.82, 2.24) is 24.9 Å². The van der Waals surface area contributed by atoms with E-state index in [9.17, 15) is 9.90 Å². The number of nitrogens with zero attached hydrogens (tertiary/aromatic N) is 4. The minimum Gasteiger partial charge on any atom is -0.392 e. The van der Waals surface area contributed by atoms with Gasteiger partial charge in [-0.3, -0.25) is 14.6 Å². The number of hydrogen-bond donors (Lipinski definition) is 3. The number of para-hydroxylation sites is 1. The zero-order chi connectivity index (χ0) is 19.3. The largest absolute Gasteiger partial charge is 0.392 e. The molecule has 0 spiro atoms. The van der Waals surface area contributed by atoms with Crippen LogP contribution in [0.4, 0.5) is 5.69 Å². The SMILES string of the molecule is O=C(Nc1cnn(CCCCN2CCCC(O)C2)c1)c1n[nH]c2ccccc12. The Labute approximate surface area is 163 Å². The van der Waals surface area contributed by atoms with Crippen LogP contribution in [0.3, 0.4) is 0 Å². The van der Waals surface area contributed by atoms with Crippen molar-refractivity contribution >= 4 is 22.5 Å². The lowest BCUT2D eigenvalue weighted by molar-refractivity contribution is 0.0697. The van der Waals surface area contributed by atoms with Crippen molar-refractivity contribution < 1.29 is 9.90 Å². The molecule has 0 aliphatic carbocycles. The van der Waals surface area contributed by atoms with Crippen molar-refractivity contribution in [3.63, 3.8) is 0 Å². The van der Waals surface area contributed by atoms with Crippen molar-refractivity contribution in [2.45, 2.75) is 38.3 Å². The molecule has 1 saturated heterocycles. The highest BCUT2D eigenvalue weighted by Crippen LogP contribution is 2.17. The van der Waals surface area contributed by atoms with Crippen molar-refractivity contribution in [1.29, 1.82) is 0 Å². The molecule has 0 saturated carbocycles. The maximum atomic E-state index is 12.5. The topological polar surface area (TPSA) is 99.1 Å². The first-order valence-electron chi connectivity index (χ1n) is 9.86. The first-order chi connectivity index (χ1) is 13.7. The van der Waals surface area contributed by atoms with E-state index in [2.05, 4.69) is 25.5 Å². The van der Waals surface area contributed by atoms with E-state index in [1.165, 1.54) is 0 Å². The number of amides is 1. The van der Waals surface area contributed by atoms with Crippen LogP contribution in [-0.2, 0) is 6.54 Å². The van der Waals surface area contributed by atoms with Crippen LogP contribution in [-0.4, -0.2) is 61.6 Å². The van der Waals surface area contributed by atoms with Crippen molar-refractivity contribution in [3.8, 4) is 0 Å². The van der Waals surface area contributed by atoms with Gasteiger partial charge in [0.1, 0.15) is 0 Å². The summed E-state index contributed by atoms with van der Waals surface area (Å²) in [5.41, 5.74) is 1.88. The molecule has 1 unspecified atom stereocenters. The molecule has 0 radical (unpaired) electrons. The second kappa shape index (κ2) is 8.53. The molecule has 0 bridgehead atoms. The van der Waals surface area contributed by atoms with Crippen LogP contribution < -0.4 is 5.32 Å². The molecular weight excluding hydrogens is 356 g/mol. The predicted molar refractivity (Wildman–Crippen MR) is 107 cm³/mol. The van der Waals surface area contributed by atoms with Crippen LogP contribution in [0.15, 0.2) is 36.7 Å². The molecule has 3 aromatic rings. The zero-order valence-corrected chi connectivity index (χ0v) is 15.8. The Morgan fingerprint density at radius 1 is 1.29 bits per heavy atom. The number of aliphatic hydroxyl groups is 1. The lowest BCUT2D eigenvalue weighted by atomic mass is 10.1. The van der Waals surface area contributed by atoms with Crippen LogP contribution in [0.1, 0.15) is 36.2 Å². The number of carbonyl (C=O) groups is 1. The number of carbonyl (C=O) groups excluding carboxylic acids is 1. The summed E-state index contributed by atoms with van der Waals surface area (Å²) < 4.78 is 1.85. The Morgan fingerprint density at radius 2 is 2.14 bits per heavy atom. The highest BCUT2D eigenvalue weighted by Gasteiger charge is 2.17. The van der Waals surface area contributed by atoms with Crippen LogP contribution in [0.25, 0.3) is 10.9 Å². The summed E-state index contributed by atoms with van der Waals surface area (Å²) in [7, 11) is 0. The van der Waals surface area contributed by atoms with Gasteiger partial charge in [0, 0.05) is 24.7 Å². The average Bonchev–Trinajstić information content (AvgIpc) is 3.32. The molecule has 4 rings (SSSR count). The number of aliphatic hydroxyl groups excluding tert-OH is 1. The van der Waals surface area contributed by atoms with Crippen molar-refractivity contribution in [2.24, 2.45) is 0 Å². The minimum absolute atomic E-state index is 0.169. The summed E-state index contributed by atoms with van der Waals surface area (Å²) in [6.07, 6.45) is 7.41. The Morgan fingerprint density at radius 3 is 3.04 bits per heavy atom. The minimum atomic E-state index is -0.249. The lowest BCUT2D eigenvalue weighted by Gasteiger charge is -2.29. The maximum absolute atomic E-state index is 12.5. The number of hydrogen-bond acceptors (Lipinski definition) is 5. The third-order valence-electron chi connectivity index (χ3n) is 5.17. The molecule has 148 valence electrons. The molecule has 28 heavy (non-hydrogen) atoms. The maximum Gasteiger partial charge on any atom is 0.276 e. The molecule has 1 amide bonds. The molecule has 8 nitrogen and oxygen atoms in total. The number of unbranched alkanes of at least 4 members (excludes halogenated alkanes) is 1. The molecule has 1 aliphatic rings. The molecule has 1 fully saturated rings. The van der Waals surface area contributed by atoms with Crippen molar-refractivity contribution in [2.75, 3.05) is 25.0 Å². The Hall–Kier alpha value is -2.71. The fraction of sp³-hybridized carbons (Fsp3) is 0.450. The number of β-amino-alcohol motifs (C(OH)–C–C–N with tert-alkyl or cyclic N) is 1. The van der Waals surface area contributed by atoms with Gasteiger partial charge >= 0.3 is 0 Å². The van der Waals surface area contributed by atoms with E-state index >= 15 is 0 Å². The number of aryl methyl sites for hydroxylation is 1. The third-order valence-corrected chi connectivity index (χ3v) is 5.17. The number of piperidine rings is 1. The number of nitrogens with one attached hydrogen (secondary N) is 2. The molecule has 2 aromatic heterocycles. The average molecular weight is 382 g/mol. The van der Waals surface area contributed by atoms with Crippen LogP contribution in [0.5, 0.6) is 0 Å². The van der Waals surface area contributed by atoms with E-state index in [1.54, 1.807) is 6.20 Å². The summed E-state index contributed by atoms with van der Waals surface area (Å²) >= 11 is 0. The molecule has 1 atom stereocenters. The molecular formula is C20H26N6O2. The van der Waals surface area contributed by atoms with Gasteiger partial charge in [-0.2, -0.15) is 10.2 Å². The Balaban J connectivity index is 1.25. The van der Waals surface area contributed by atoms with Gasteiger partial charge in [-0.05, 0) is 44.8 Å². The van der Waals surface area contributed by atoms with E-state index in [-0.39, 0.29) is 12.0 Å². The normalized spacial score (nSPS) is 17.8. The first-order valence-corrected chi connectivity index (χ1v) is 9.86. The first kappa shape index (κ1) is 18.6. The fourth-order valence-electron chi connectivity index (χ4n) is 3.72. The molecule has 3 N–H and O–H groups in total. The van der Waals surface area contributed by atoms with Crippen LogP contribution >= 0.6 is 0 Å². The number of likely N-dealkylation sites (tertiary alicyclic amines) is 1. The summed E-state index contributed by atoms with van der Waals surface area (Å²) in [6.45, 7) is 3.68. The van der Waals surface area contributed by atoms with Gasteiger partial charge in [-0.1, -0.05) is 18.2 Å². The number of benzene rings is 1. The summed E-state index contributed by atoms with van der Waals surface area (Å²) in [6, 6.07) is 7.55. The van der Waals surface area contributed by atoms with Gasteiger partial charge in [-0.15, -0.1) is 0 Å². The highest BCUT2D eigenvalue weighted by atomic mass is 16.3. The van der Waals surface area contributed by atoms with Gasteiger partial charge in [0.15, 0.2) is 5.69 Å². The standard InChI is InChI=1S/C20H26N6O2/c27-16-6-5-10-25(14-16)9-3-4-11-26-13-15(12-21-26)22-20(28)19-17-7-1-2-8-18(17)23-24-19/h1-2,7-8,12-13,16,27H,3-6,9-11,14H2,(H,22,28)(H,23,24). The molecule has 1 aromatic carbocycles. The van der Waals surface area contributed by atoms with E-state index in [0.717, 1.165) is 62.8 Å². The highest BCUT2D eigenvalue weighted by molar-refractivity contribution is 6.10. The van der Waals surface area contributed by atoms with E-state index < -0.39 is 0 Å². The van der Waals surface area contributed by atoms with Crippen molar-refractivity contribution in [3.05, 3.63) is 42.4 Å². The van der Waals surface area contributed by atoms with E-state index in [0.29, 0.717) is 11.4 Å². The van der Waals surface area contributed by atoms with Gasteiger partial charge in [0.05, 0.1) is 23.5 Å². The Kier molecular flexibility index (Phi) is 5.68. The molecule has 3 heterocycles. The van der Waals surface area contributed by atoms with Gasteiger partial charge in [0.25, 0.3) is 5.91 Å². The number of rotatable bonds is 7. The quantitative estimate of drug-likeness (QED) is 0.544. The van der Waals surface area contributed by atoms with Crippen LogP contribution in [0.2, 0.25) is 0 Å². The second-order valence-electron chi connectivity index (χ2n) is 7.37. The zero-order valence-electron chi connectivity index (χ0n) is 15.8. The summed E-state index contributed by atoms with van der Waals surface area (Å²) in [5, 5.41) is 24.7. The number of H-pyrrole nitrogens is 1. The number of anilines is 1. The van der Waals surface area contributed by atoms with Crippen LogP contribution in [0, 0.1) is 0 Å². The number of aromatic nitrogens is 4. The second-order valence-corrected chi connectivity index (χ2v) is 7.37. The molecule has 1 aliphatic heterocycles. The Bertz CT molecular complexity index is 934.